The second-order valence-corrected chi connectivity index (χ2v) is 3.00. The molecule has 0 aliphatic carbocycles. The van der Waals surface area contributed by atoms with Crippen molar-refractivity contribution in [2.24, 2.45) is 0 Å². The molecule has 2 N–H and O–H groups in total. The summed E-state index contributed by atoms with van der Waals surface area (Å²) in [6, 6.07) is -0.709. The zero-order valence-electron chi connectivity index (χ0n) is 8.78. The van der Waals surface area contributed by atoms with Crippen LogP contribution in [0.5, 0.6) is 0 Å². The van der Waals surface area contributed by atoms with Gasteiger partial charge in [0.1, 0.15) is 0 Å². The van der Waals surface area contributed by atoms with Crippen LogP contribution in [0.3, 0.4) is 0 Å². The Morgan fingerprint density at radius 2 is 1.93 bits per heavy atom. The van der Waals surface area contributed by atoms with Gasteiger partial charge in [0.05, 0.1) is 19.4 Å². The number of hydrogen-bond acceptors (Lipinski definition) is 4. The number of carboxylic acid groups (broad SMARTS) is 1. The van der Waals surface area contributed by atoms with Gasteiger partial charge < -0.3 is 15.2 Å². The third-order valence-electron chi connectivity index (χ3n) is 1.55. The maximum atomic E-state index is 11.0. The first-order valence-electron chi connectivity index (χ1n) is 4.60. The van der Waals surface area contributed by atoms with E-state index in [-0.39, 0.29) is 25.4 Å². The van der Waals surface area contributed by atoms with E-state index in [1.807, 2.05) is 0 Å². The molecule has 0 aliphatic heterocycles. The van der Waals surface area contributed by atoms with Crippen molar-refractivity contribution in [1.29, 1.82) is 0 Å². The van der Waals surface area contributed by atoms with Gasteiger partial charge in [-0.1, -0.05) is 0 Å². The number of rotatable bonds is 6. The predicted molar refractivity (Wildman–Crippen MR) is 51.1 cm³/mol. The molecule has 0 aromatic heterocycles. The van der Waals surface area contributed by atoms with Gasteiger partial charge in [0, 0.05) is 13.0 Å². The molecule has 86 valence electrons. The second kappa shape index (κ2) is 6.80. The maximum Gasteiger partial charge on any atom is 0.307 e. The lowest BCUT2D eigenvalue weighted by Crippen LogP contribution is -2.37. The molecule has 6 nitrogen and oxygen atoms in total. The molecule has 1 amide bonds. The van der Waals surface area contributed by atoms with Crippen LogP contribution in [0.1, 0.15) is 26.7 Å². The molecule has 0 fully saturated rings. The Bertz CT molecular complexity index is 235. The van der Waals surface area contributed by atoms with Crippen molar-refractivity contribution < 1.29 is 24.2 Å². The summed E-state index contributed by atoms with van der Waals surface area (Å²) in [4.78, 5) is 32.2. The molecule has 0 saturated heterocycles. The fourth-order valence-corrected chi connectivity index (χ4v) is 1.09. The number of amides is 1. The molecule has 0 aromatic carbocycles. The first kappa shape index (κ1) is 13.4. The van der Waals surface area contributed by atoms with Crippen LogP contribution in [0, 0.1) is 0 Å². The molecule has 0 rings (SSSR count). The molecule has 0 saturated carbocycles. The topological polar surface area (TPSA) is 92.7 Å². The van der Waals surface area contributed by atoms with Gasteiger partial charge in [0.2, 0.25) is 5.91 Å². The summed E-state index contributed by atoms with van der Waals surface area (Å²) in [6.45, 7) is 3.15. The van der Waals surface area contributed by atoms with Crippen molar-refractivity contribution in [3.63, 3.8) is 0 Å². The van der Waals surface area contributed by atoms with Crippen LogP contribution in [0.15, 0.2) is 0 Å². The lowest BCUT2D eigenvalue weighted by atomic mass is 10.1. The summed E-state index contributed by atoms with van der Waals surface area (Å²) in [5, 5.41) is 10.9. The van der Waals surface area contributed by atoms with Gasteiger partial charge in [-0.25, -0.2) is 0 Å². The van der Waals surface area contributed by atoms with E-state index in [0.717, 1.165) is 0 Å². The normalized spacial score (nSPS) is 11.6. The summed E-state index contributed by atoms with van der Waals surface area (Å²) in [5.74, 6) is -1.96. The molecule has 1 unspecified atom stereocenters. The van der Waals surface area contributed by atoms with Gasteiger partial charge in [0.25, 0.3) is 0 Å². The number of aliphatic carboxylic acids is 1. The third-order valence-corrected chi connectivity index (χ3v) is 1.55. The van der Waals surface area contributed by atoms with E-state index in [4.69, 9.17) is 5.11 Å². The highest BCUT2D eigenvalue weighted by molar-refractivity contribution is 5.77. The molecule has 0 aromatic rings. The highest BCUT2D eigenvalue weighted by atomic mass is 16.5. The standard InChI is InChI=1S/C9H15NO5/c1-3-15-9(14)5-7(4-8(12)13)10-6(2)11/h7H,3-5H2,1-2H3,(H,10,11)(H,12,13). The Balaban J connectivity index is 4.16. The second-order valence-electron chi connectivity index (χ2n) is 3.00. The third kappa shape index (κ3) is 7.48. The lowest BCUT2D eigenvalue weighted by molar-refractivity contribution is -0.144. The monoisotopic (exact) mass is 217 g/mol. The van der Waals surface area contributed by atoms with Crippen LogP contribution in [0.4, 0.5) is 0 Å². The number of carbonyl (C=O) groups is 3. The van der Waals surface area contributed by atoms with E-state index < -0.39 is 18.0 Å². The van der Waals surface area contributed by atoms with Crippen molar-refractivity contribution in [3.8, 4) is 0 Å². The fraction of sp³-hybridized carbons (Fsp3) is 0.667. The molecular weight excluding hydrogens is 202 g/mol. The first-order chi connectivity index (χ1) is 6.95. The molecule has 1 atom stereocenters. The minimum absolute atomic E-state index is 0.125. The zero-order chi connectivity index (χ0) is 11.8. The molecule has 0 radical (unpaired) electrons. The average Bonchev–Trinajstić information content (AvgIpc) is 2.00. The highest BCUT2D eigenvalue weighted by Gasteiger charge is 2.18. The summed E-state index contributed by atoms with van der Waals surface area (Å²) in [6.07, 6.45) is -0.419. The molecular formula is C9H15NO5. The van der Waals surface area contributed by atoms with Gasteiger partial charge in [-0.05, 0) is 6.92 Å². The Kier molecular flexibility index (Phi) is 6.08. The number of carboxylic acids is 1. The van der Waals surface area contributed by atoms with Crippen LogP contribution in [0.25, 0.3) is 0 Å². The van der Waals surface area contributed by atoms with E-state index in [2.05, 4.69) is 10.1 Å². The molecule has 0 bridgehead atoms. The van der Waals surface area contributed by atoms with E-state index in [1.165, 1.54) is 6.92 Å². The quantitative estimate of drug-likeness (QED) is 0.607. The van der Waals surface area contributed by atoms with Crippen molar-refractivity contribution in [1.82, 2.24) is 5.32 Å². The van der Waals surface area contributed by atoms with E-state index in [1.54, 1.807) is 6.92 Å². The van der Waals surface area contributed by atoms with E-state index in [0.29, 0.717) is 0 Å². The number of hydrogen-bond donors (Lipinski definition) is 2. The SMILES string of the molecule is CCOC(=O)CC(CC(=O)O)NC(C)=O. The Hall–Kier alpha value is -1.59. The Morgan fingerprint density at radius 3 is 2.33 bits per heavy atom. The van der Waals surface area contributed by atoms with Crippen molar-refractivity contribution in [2.75, 3.05) is 6.61 Å². The number of carbonyl (C=O) groups excluding carboxylic acids is 2. The fourth-order valence-electron chi connectivity index (χ4n) is 1.09. The van der Waals surface area contributed by atoms with Gasteiger partial charge >= 0.3 is 11.9 Å². The summed E-state index contributed by atoms with van der Waals surface area (Å²) < 4.78 is 4.65. The first-order valence-corrected chi connectivity index (χ1v) is 4.60. The molecule has 0 spiro atoms. The van der Waals surface area contributed by atoms with Gasteiger partial charge in [0.15, 0.2) is 0 Å². The Labute approximate surface area is 87.6 Å². The Morgan fingerprint density at radius 1 is 1.33 bits per heavy atom. The van der Waals surface area contributed by atoms with Crippen LogP contribution >= 0.6 is 0 Å². The summed E-state index contributed by atoms with van der Waals surface area (Å²) in [5.41, 5.74) is 0. The van der Waals surface area contributed by atoms with Gasteiger partial charge in [-0.15, -0.1) is 0 Å². The number of nitrogens with one attached hydrogen (secondary N) is 1. The maximum absolute atomic E-state index is 11.0. The average molecular weight is 217 g/mol. The predicted octanol–water partition coefficient (Wildman–Crippen LogP) is -0.0810. The summed E-state index contributed by atoms with van der Waals surface area (Å²) in [7, 11) is 0. The van der Waals surface area contributed by atoms with Crippen molar-refractivity contribution in [3.05, 3.63) is 0 Å². The van der Waals surface area contributed by atoms with Gasteiger partial charge in [-0.2, -0.15) is 0 Å². The molecule has 6 heteroatoms. The lowest BCUT2D eigenvalue weighted by Gasteiger charge is -2.14. The van der Waals surface area contributed by atoms with Crippen LogP contribution in [-0.4, -0.2) is 35.6 Å². The molecule has 0 aliphatic rings. The number of ether oxygens (including phenoxy) is 1. The molecule has 0 heterocycles. The molecule has 15 heavy (non-hydrogen) atoms. The summed E-state index contributed by atoms with van der Waals surface area (Å²) >= 11 is 0. The van der Waals surface area contributed by atoms with Crippen LogP contribution in [-0.2, 0) is 19.1 Å². The largest absolute Gasteiger partial charge is 0.481 e. The van der Waals surface area contributed by atoms with Crippen LogP contribution in [0.2, 0.25) is 0 Å². The smallest absolute Gasteiger partial charge is 0.307 e. The minimum Gasteiger partial charge on any atom is -0.481 e. The van der Waals surface area contributed by atoms with E-state index >= 15 is 0 Å². The van der Waals surface area contributed by atoms with E-state index in [9.17, 15) is 14.4 Å². The number of esters is 1. The van der Waals surface area contributed by atoms with Crippen molar-refractivity contribution in [2.45, 2.75) is 32.7 Å². The minimum atomic E-state index is -1.07. The highest BCUT2D eigenvalue weighted by Crippen LogP contribution is 2.00. The van der Waals surface area contributed by atoms with Gasteiger partial charge in [-0.3, -0.25) is 14.4 Å². The van der Waals surface area contributed by atoms with Crippen molar-refractivity contribution >= 4 is 17.8 Å². The zero-order valence-corrected chi connectivity index (χ0v) is 8.78. The van der Waals surface area contributed by atoms with Crippen LogP contribution < -0.4 is 5.32 Å².